The van der Waals surface area contributed by atoms with Gasteiger partial charge in [-0.05, 0) is 32.9 Å². The maximum absolute atomic E-state index is 12.0. The summed E-state index contributed by atoms with van der Waals surface area (Å²) in [6.07, 6.45) is 0. The average Bonchev–Trinajstić information content (AvgIpc) is 2.62. The van der Waals surface area contributed by atoms with E-state index in [0.29, 0.717) is 10.7 Å². The summed E-state index contributed by atoms with van der Waals surface area (Å²) in [5.41, 5.74) is 3.78. The summed E-state index contributed by atoms with van der Waals surface area (Å²) in [7, 11) is 0. The third-order valence-corrected chi connectivity index (χ3v) is 3.20. The molecule has 1 aromatic heterocycles. The zero-order valence-corrected chi connectivity index (χ0v) is 10.9. The van der Waals surface area contributed by atoms with E-state index in [1.54, 1.807) is 0 Å². The predicted octanol–water partition coefficient (Wildman–Crippen LogP) is 3.32. The van der Waals surface area contributed by atoms with Gasteiger partial charge in [-0.15, -0.1) is 11.3 Å². The van der Waals surface area contributed by atoms with E-state index in [9.17, 15) is 4.79 Å². The minimum Gasteiger partial charge on any atom is -0.298 e. The highest BCUT2D eigenvalue weighted by molar-refractivity contribution is 7.13. The van der Waals surface area contributed by atoms with Gasteiger partial charge in [-0.3, -0.25) is 10.1 Å². The number of aromatic nitrogens is 1. The number of nitrogens with one attached hydrogen (secondary N) is 1. The van der Waals surface area contributed by atoms with E-state index < -0.39 is 0 Å². The van der Waals surface area contributed by atoms with E-state index in [-0.39, 0.29) is 5.91 Å². The highest BCUT2D eigenvalue weighted by Gasteiger charge is 2.08. The minimum atomic E-state index is -0.105. The summed E-state index contributed by atoms with van der Waals surface area (Å²) in [5.74, 6) is -0.105. The molecule has 0 atom stereocenters. The van der Waals surface area contributed by atoms with Crippen molar-refractivity contribution < 1.29 is 4.79 Å². The maximum Gasteiger partial charge on any atom is 0.257 e. The van der Waals surface area contributed by atoms with Crippen molar-refractivity contribution in [2.24, 2.45) is 0 Å². The van der Waals surface area contributed by atoms with Gasteiger partial charge in [0.2, 0.25) is 0 Å². The highest BCUT2D eigenvalue weighted by Crippen LogP contribution is 2.16. The van der Waals surface area contributed by atoms with E-state index in [1.807, 2.05) is 44.4 Å². The summed E-state index contributed by atoms with van der Waals surface area (Å²) in [5, 5.41) is 5.36. The number of thiazole rings is 1. The number of aryl methyl sites for hydroxylation is 3. The molecule has 1 heterocycles. The van der Waals surface area contributed by atoms with E-state index in [0.717, 1.165) is 16.8 Å². The first-order valence-corrected chi connectivity index (χ1v) is 6.24. The van der Waals surface area contributed by atoms with Crippen molar-refractivity contribution in [2.45, 2.75) is 20.8 Å². The minimum absolute atomic E-state index is 0.105. The monoisotopic (exact) mass is 246 g/mol. The number of benzene rings is 1. The van der Waals surface area contributed by atoms with Crippen molar-refractivity contribution in [3.8, 4) is 0 Å². The van der Waals surface area contributed by atoms with Gasteiger partial charge in [0.15, 0.2) is 5.13 Å². The first-order chi connectivity index (χ1) is 8.04. The van der Waals surface area contributed by atoms with Crippen LogP contribution in [0.4, 0.5) is 5.13 Å². The Morgan fingerprint density at radius 3 is 2.35 bits per heavy atom. The molecule has 0 radical (unpaired) electrons. The number of hydrogen-bond donors (Lipinski definition) is 1. The fourth-order valence-corrected chi connectivity index (χ4v) is 2.37. The molecule has 0 spiro atoms. The molecule has 0 bridgehead atoms. The van der Waals surface area contributed by atoms with Crippen LogP contribution in [0.1, 0.15) is 27.2 Å². The number of amides is 1. The van der Waals surface area contributed by atoms with Crippen LogP contribution in [0.3, 0.4) is 0 Å². The molecule has 0 saturated carbocycles. The van der Waals surface area contributed by atoms with E-state index >= 15 is 0 Å². The lowest BCUT2D eigenvalue weighted by molar-refractivity contribution is 0.102. The average molecular weight is 246 g/mol. The molecule has 0 unspecified atom stereocenters. The van der Waals surface area contributed by atoms with Crippen molar-refractivity contribution in [3.63, 3.8) is 0 Å². The third-order valence-electron chi connectivity index (χ3n) is 2.32. The molecule has 0 aliphatic heterocycles. The van der Waals surface area contributed by atoms with Crippen LogP contribution in [-0.2, 0) is 0 Å². The molecule has 1 aromatic carbocycles. The Morgan fingerprint density at radius 2 is 1.82 bits per heavy atom. The van der Waals surface area contributed by atoms with Crippen LogP contribution in [0.25, 0.3) is 0 Å². The number of carbonyl (C=O) groups excluding carboxylic acids is 1. The number of anilines is 1. The molecule has 2 aromatic rings. The normalized spacial score (nSPS) is 10.3. The molecular formula is C13H14N2OS. The largest absolute Gasteiger partial charge is 0.298 e. The molecule has 1 amide bonds. The van der Waals surface area contributed by atoms with E-state index in [2.05, 4.69) is 10.3 Å². The second-order valence-electron chi connectivity index (χ2n) is 4.12. The number of rotatable bonds is 2. The number of nitrogens with zero attached hydrogens (tertiary/aromatic N) is 1. The van der Waals surface area contributed by atoms with Gasteiger partial charge in [-0.1, -0.05) is 17.2 Å². The van der Waals surface area contributed by atoms with Crippen molar-refractivity contribution >= 4 is 22.4 Å². The molecule has 88 valence electrons. The topological polar surface area (TPSA) is 42.0 Å². The lowest BCUT2D eigenvalue weighted by Gasteiger charge is -2.04. The summed E-state index contributed by atoms with van der Waals surface area (Å²) in [6.45, 7) is 5.87. The summed E-state index contributed by atoms with van der Waals surface area (Å²) in [6, 6.07) is 5.80. The van der Waals surface area contributed by atoms with Gasteiger partial charge < -0.3 is 0 Å². The second-order valence-corrected chi connectivity index (χ2v) is 4.98. The van der Waals surface area contributed by atoms with Gasteiger partial charge in [0.25, 0.3) is 5.91 Å². The van der Waals surface area contributed by atoms with Gasteiger partial charge in [0, 0.05) is 10.9 Å². The lowest BCUT2D eigenvalue weighted by atomic mass is 10.1. The van der Waals surface area contributed by atoms with Crippen LogP contribution >= 0.6 is 11.3 Å². The molecule has 0 fully saturated rings. The highest BCUT2D eigenvalue weighted by atomic mass is 32.1. The lowest BCUT2D eigenvalue weighted by Crippen LogP contribution is -2.12. The Bertz CT molecular complexity index is 540. The quantitative estimate of drug-likeness (QED) is 0.883. The van der Waals surface area contributed by atoms with Gasteiger partial charge in [0.05, 0.1) is 5.69 Å². The fourth-order valence-electron chi connectivity index (χ4n) is 1.69. The van der Waals surface area contributed by atoms with Gasteiger partial charge in [-0.25, -0.2) is 4.98 Å². The second kappa shape index (κ2) is 4.67. The van der Waals surface area contributed by atoms with Crippen molar-refractivity contribution in [1.82, 2.24) is 4.98 Å². The zero-order valence-electron chi connectivity index (χ0n) is 10.1. The first-order valence-electron chi connectivity index (χ1n) is 5.36. The van der Waals surface area contributed by atoms with Crippen LogP contribution in [0, 0.1) is 20.8 Å². The van der Waals surface area contributed by atoms with Gasteiger partial charge in [-0.2, -0.15) is 0 Å². The number of carbonyl (C=O) groups is 1. The van der Waals surface area contributed by atoms with Crippen LogP contribution < -0.4 is 5.32 Å². The molecule has 2 rings (SSSR count). The van der Waals surface area contributed by atoms with Gasteiger partial charge in [0.1, 0.15) is 0 Å². The van der Waals surface area contributed by atoms with Crippen LogP contribution in [0.2, 0.25) is 0 Å². The number of hydrogen-bond acceptors (Lipinski definition) is 3. The van der Waals surface area contributed by atoms with Gasteiger partial charge >= 0.3 is 0 Å². The first kappa shape index (κ1) is 11.8. The van der Waals surface area contributed by atoms with Crippen LogP contribution in [0.5, 0.6) is 0 Å². The molecule has 17 heavy (non-hydrogen) atoms. The Balaban J connectivity index is 2.19. The fraction of sp³-hybridized carbons (Fsp3) is 0.231. The van der Waals surface area contributed by atoms with Crippen molar-refractivity contribution in [2.75, 3.05) is 5.32 Å². The smallest absolute Gasteiger partial charge is 0.257 e. The van der Waals surface area contributed by atoms with E-state index in [4.69, 9.17) is 0 Å². The molecule has 4 heteroatoms. The van der Waals surface area contributed by atoms with E-state index in [1.165, 1.54) is 11.3 Å². The zero-order chi connectivity index (χ0) is 12.4. The molecule has 3 nitrogen and oxygen atoms in total. The molecule has 0 saturated heterocycles. The Morgan fingerprint density at radius 1 is 1.18 bits per heavy atom. The van der Waals surface area contributed by atoms with Crippen LogP contribution in [0.15, 0.2) is 23.6 Å². The van der Waals surface area contributed by atoms with Crippen molar-refractivity contribution in [1.29, 1.82) is 0 Å². The van der Waals surface area contributed by atoms with Crippen molar-refractivity contribution in [3.05, 3.63) is 46.0 Å². The molecule has 1 N–H and O–H groups in total. The Labute approximate surface area is 105 Å². The summed E-state index contributed by atoms with van der Waals surface area (Å²) < 4.78 is 0. The molecule has 0 aliphatic carbocycles. The predicted molar refractivity (Wildman–Crippen MR) is 70.7 cm³/mol. The summed E-state index contributed by atoms with van der Waals surface area (Å²) in [4.78, 5) is 16.2. The molecular weight excluding hydrogens is 232 g/mol. The summed E-state index contributed by atoms with van der Waals surface area (Å²) >= 11 is 1.44. The van der Waals surface area contributed by atoms with Crippen LogP contribution in [-0.4, -0.2) is 10.9 Å². The third kappa shape index (κ3) is 2.91. The maximum atomic E-state index is 12.0. The molecule has 0 aliphatic rings. The SMILES string of the molecule is Cc1cc(C)cc(C(=O)Nc2nc(C)cs2)c1. The Kier molecular flexibility index (Phi) is 3.24. The standard InChI is InChI=1S/C13H14N2OS/c1-8-4-9(2)6-11(5-8)12(16)15-13-14-10(3)7-17-13/h4-7H,1-3H3,(H,14,15,16). The Hall–Kier alpha value is -1.68.